The average molecular weight is 355 g/mol. The Morgan fingerprint density at radius 3 is 2.64 bits per heavy atom. The molecule has 0 amide bonds. The Balaban J connectivity index is 2.09. The van der Waals surface area contributed by atoms with E-state index in [0.29, 0.717) is 5.65 Å². The Bertz CT molecular complexity index is 926. The number of fused-ring (bicyclic) bond motifs is 1. The van der Waals surface area contributed by atoms with Crippen LogP contribution in [0.4, 0.5) is 5.82 Å². The number of sulfonamides is 1. The third-order valence-corrected chi connectivity index (χ3v) is 5.06. The number of anilines is 1. The van der Waals surface area contributed by atoms with E-state index in [1.807, 2.05) is 6.26 Å². The van der Waals surface area contributed by atoms with Gasteiger partial charge in [0.15, 0.2) is 5.65 Å². The molecular weight excluding hydrogens is 344 g/mol. The van der Waals surface area contributed by atoms with E-state index in [1.54, 1.807) is 24.3 Å². The molecule has 3 aromatic rings. The van der Waals surface area contributed by atoms with Crippen LogP contribution in [0.1, 0.15) is 0 Å². The highest BCUT2D eigenvalue weighted by Crippen LogP contribution is 2.23. The lowest BCUT2D eigenvalue weighted by molar-refractivity contribution is 0.600. The second-order valence-corrected chi connectivity index (χ2v) is 7.24. The Kier molecular flexibility index (Phi) is 3.98. The summed E-state index contributed by atoms with van der Waals surface area (Å²) in [5.41, 5.74) is 0.475. The molecule has 1 N–H and O–H groups in total. The number of nitrogens with one attached hydrogen (secondary N) is 1. The molecule has 0 spiro atoms. The molecule has 22 heavy (non-hydrogen) atoms. The van der Waals surface area contributed by atoms with Crippen molar-refractivity contribution in [2.45, 2.75) is 9.92 Å². The molecule has 0 radical (unpaired) electrons. The van der Waals surface area contributed by atoms with Gasteiger partial charge in [0, 0.05) is 12.1 Å². The molecule has 0 atom stereocenters. The third kappa shape index (κ3) is 2.90. The largest absolute Gasteiger partial charge is 0.263 e. The van der Waals surface area contributed by atoms with Crippen LogP contribution in [0.25, 0.3) is 5.65 Å². The van der Waals surface area contributed by atoms with Crippen LogP contribution in [-0.4, -0.2) is 29.3 Å². The van der Waals surface area contributed by atoms with E-state index in [2.05, 4.69) is 14.8 Å². The number of rotatable bonds is 4. The highest BCUT2D eigenvalue weighted by molar-refractivity contribution is 7.98. The van der Waals surface area contributed by atoms with Gasteiger partial charge in [-0.25, -0.2) is 13.4 Å². The van der Waals surface area contributed by atoms with Gasteiger partial charge in [-0.15, -0.1) is 11.8 Å². The summed E-state index contributed by atoms with van der Waals surface area (Å²) < 4.78 is 28.7. The molecule has 0 fully saturated rings. The van der Waals surface area contributed by atoms with Gasteiger partial charge in [-0.3, -0.25) is 4.72 Å². The second kappa shape index (κ2) is 5.79. The quantitative estimate of drug-likeness (QED) is 0.576. The zero-order valence-corrected chi connectivity index (χ0v) is 13.8. The van der Waals surface area contributed by atoms with Gasteiger partial charge in [0.25, 0.3) is 10.0 Å². The van der Waals surface area contributed by atoms with Crippen LogP contribution in [0, 0.1) is 0 Å². The predicted molar refractivity (Wildman–Crippen MR) is 87.0 cm³/mol. The van der Waals surface area contributed by atoms with Gasteiger partial charge in [-0.05, 0) is 18.4 Å². The number of thioether (sulfide) groups is 1. The lowest BCUT2D eigenvalue weighted by Gasteiger charge is -2.09. The van der Waals surface area contributed by atoms with E-state index in [-0.39, 0.29) is 15.9 Å². The van der Waals surface area contributed by atoms with E-state index >= 15 is 0 Å². The first kappa shape index (κ1) is 15.1. The molecule has 0 bridgehead atoms. The lowest BCUT2D eigenvalue weighted by Crippen LogP contribution is -2.15. The monoisotopic (exact) mass is 354 g/mol. The van der Waals surface area contributed by atoms with Crippen molar-refractivity contribution in [1.29, 1.82) is 0 Å². The zero-order chi connectivity index (χ0) is 15.7. The summed E-state index contributed by atoms with van der Waals surface area (Å²) in [4.78, 5) is 4.29. The van der Waals surface area contributed by atoms with Crippen molar-refractivity contribution >= 4 is 44.9 Å². The number of hydrogen-bond acceptors (Lipinski definition) is 5. The second-order valence-electron chi connectivity index (χ2n) is 4.34. The summed E-state index contributed by atoms with van der Waals surface area (Å²) in [7, 11) is -3.72. The Morgan fingerprint density at radius 2 is 1.95 bits per heavy atom. The van der Waals surface area contributed by atoms with Crippen molar-refractivity contribution in [1.82, 2.24) is 14.6 Å². The summed E-state index contributed by atoms with van der Waals surface area (Å²) in [5.74, 6) is 0.235. The predicted octanol–water partition coefficient (Wildman–Crippen LogP) is 2.91. The first-order valence-electron chi connectivity index (χ1n) is 6.18. The minimum absolute atomic E-state index is 0.160. The highest BCUT2D eigenvalue weighted by Gasteiger charge is 2.17. The molecule has 2 aromatic heterocycles. The molecule has 0 aliphatic carbocycles. The molecular formula is C13H11ClN4O2S2. The highest BCUT2D eigenvalue weighted by atomic mass is 35.5. The van der Waals surface area contributed by atoms with E-state index < -0.39 is 10.0 Å². The summed E-state index contributed by atoms with van der Waals surface area (Å²) in [6, 6.07) is 11.2. The van der Waals surface area contributed by atoms with Crippen molar-refractivity contribution in [3.05, 3.63) is 47.6 Å². The first-order valence-corrected chi connectivity index (χ1v) is 9.26. The van der Waals surface area contributed by atoms with Crippen molar-refractivity contribution in [3.8, 4) is 0 Å². The molecule has 3 rings (SSSR count). The van der Waals surface area contributed by atoms with Gasteiger partial charge in [-0.1, -0.05) is 29.8 Å². The Hall–Kier alpha value is -1.77. The molecule has 0 saturated carbocycles. The van der Waals surface area contributed by atoms with Gasteiger partial charge in [-0.2, -0.15) is 9.61 Å². The van der Waals surface area contributed by atoms with E-state index in [4.69, 9.17) is 11.6 Å². The zero-order valence-electron chi connectivity index (χ0n) is 11.4. The molecule has 0 unspecified atom stereocenters. The molecule has 114 valence electrons. The van der Waals surface area contributed by atoms with Gasteiger partial charge in [0.05, 0.1) is 4.90 Å². The number of hydrogen-bond donors (Lipinski definition) is 1. The SMILES string of the molecule is CSc1cc2nc(Cl)cc(NS(=O)(=O)c3ccccc3)n2n1. The number of aromatic nitrogens is 3. The Morgan fingerprint density at radius 1 is 1.23 bits per heavy atom. The van der Waals surface area contributed by atoms with Crippen molar-refractivity contribution in [2.24, 2.45) is 0 Å². The maximum absolute atomic E-state index is 12.4. The van der Waals surface area contributed by atoms with Crippen LogP contribution < -0.4 is 4.72 Å². The van der Waals surface area contributed by atoms with Gasteiger partial charge < -0.3 is 0 Å². The maximum atomic E-state index is 12.4. The van der Waals surface area contributed by atoms with Crippen LogP contribution in [0.15, 0.2) is 52.4 Å². The van der Waals surface area contributed by atoms with Gasteiger partial charge in [0.2, 0.25) is 0 Å². The van der Waals surface area contributed by atoms with Crippen LogP contribution >= 0.6 is 23.4 Å². The maximum Gasteiger partial charge on any atom is 0.263 e. The Labute approximate surface area is 136 Å². The van der Waals surface area contributed by atoms with Crippen LogP contribution in [-0.2, 0) is 10.0 Å². The molecule has 9 heteroatoms. The fourth-order valence-corrected chi connectivity index (χ4v) is 3.52. The molecule has 0 aliphatic heterocycles. The number of nitrogens with zero attached hydrogens (tertiary/aromatic N) is 3. The fraction of sp³-hybridized carbons (Fsp3) is 0.0769. The minimum Gasteiger partial charge on any atom is -0.263 e. The first-order chi connectivity index (χ1) is 10.5. The van der Waals surface area contributed by atoms with E-state index in [9.17, 15) is 8.42 Å². The van der Waals surface area contributed by atoms with Crippen LogP contribution in [0.3, 0.4) is 0 Å². The summed E-state index contributed by atoms with van der Waals surface area (Å²) >= 11 is 7.39. The molecule has 0 aliphatic rings. The number of benzene rings is 1. The summed E-state index contributed by atoms with van der Waals surface area (Å²) in [6.45, 7) is 0. The molecule has 2 heterocycles. The van der Waals surface area contributed by atoms with Crippen LogP contribution in [0.2, 0.25) is 5.15 Å². The van der Waals surface area contributed by atoms with Crippen molar-refractivity contribution in [3.63, 3.8) is 0 Å². The van der Waals surface area contributed by atoms with E-state index in [1.165, 1.54) is 34.5 Å². The fourth-order valence-electron chi connectivity index (χ4n) is 1.89. The van der Waals surface area contributed by atoms with Gasteiger partial charge in [0.1, 0.15) is 16.0 Å². The standard InChI is InChI=1S/C13H11ClN4O2S2/c1-21-13-8-11-15-10(14)7-12(18(11)16-13)17-22(19,20)9-5-3-2-4-6-9/h2-8,17H,1H3. The molecule has 0 saturated heterocycles. The van der Waals surface area contributed by atoms with Crippen molar-refractivity contribution < 1.29 is 8.42 Å². The summed E-state index contributed by atoms with van der Waals surface area (Å²) in [5, 5.41) is 5.19. The molecule has 1 aromatic carbocycles. The smallest absolute Gasteiger partial charge is 0.263 e. The van der Waals surface area contributed by atoms with Crippen LogP contribution in [0.5, 0.6) is 0 Å². The molecule has 6 nitrogen and oxygen atoms in total. The van der Waals surface area contributed by atoms with E-state index in [0.717, 1.165) is 5.03 Å². The summed E-state index contributed by atoms with van der Waals surface area (Å²) in [6.07, 6.45) is 1.87. The topological polar surface area (TPSA) is 76.4 Å². The number of halogens is 1. The van der Waals surface area contributed by atoms with Crippen molar-refractivity contribution in [2.75, 3.05) is 11.0 Å². The third-order valence-electron chi connectivity index (χ3n) is 2.88. The average Bonchev–Trinajstić information content (AvgIpc) is 2.91. The minimum atomic E-state index is -3.72. The normalized spacial score (nSPS) is 11.7. The van der Waals surface area contributed by atoms with Gasteiger partial charge >= 0.3 is 0 Å². The lowest BCUT2D eigenvalue weighted by atomic mass is 10.4.